The highest BCUT2D eigenvalue weighted by Gasteiger charge is 2.45. The van der Waals surface area contributed by atoms with Crippen LogP contribution in [0, 0.1) is 0 Å². The summed E-state index contributed by atoms with van der Waals surface area (Å²) in [6, 6.07) is 1.47. The van der Waals surface area contributed by atoms with E-state index in [1.165, 1.54) is 0 Å². The molecule has 6 heteroatoms. The topological polar surface area (TPSA) is 69.8 Å². The van der Waals surface area contributed by atoms with Crippen LogP contribution in [0.5, 0.6) is 0 Å². The number of piperidine rings is 1. The van der Waals surface area contributed by atoms with Crippen molar-refractivity contribution in [1.82, 2.24) is 15.1 Å². The summed E-state index contributed by atoms with van der Waals surface area (Å²) in [6.45, 7) is 2.58. The zero-order valence-corrected chi connectivity index (χ0v) is 9.67. The van der Waals surface area contributed by atoms with Gasteiger partial charge >= 0.3 is 6.03 Å². The van der Waals surface area contributed by atoms with Crippen molar-refractivity contribution >= 4 is 6.03 Å². The van der Waals surface area contributed by atoms with E-state index in [9.17, 15) is 10.0 Å². The molecule has 3 heterocycles. The third kappa shape index (κ3) is 1.51. The fraction of sp³-hybridized carbons (Fsp3) is 0.636. The zero-order chi connectivity index (χ0) is 12.0. The standard InChI is InChI=1S/C11H15N3O3/c1-2-8-5-9(12-17-8)10-4-3-7-6-13(10)11(15)14(7)16/h5,7,10,16H,2-4,6H2,1H3. The fourth-order valence-electron chi connectivity index (χ4n) is 2.61. The van der Waals surface area contributed by atoms with Gasteiger partial charge in [-0.3, -0.25) is 5.21 Å². The van der Waals surface area contributed by atoms with Gasteiger partial charge in [-0.05, 0) is 12.8 Å². The Balaban J connectivity index is 1.87. The lowest BCUT2D eigenvalue weighted by Crippen LogP contribution is -2.34. The molecule has 0 aromatic carbocycles. The van der Waals surface area contributed by atoms with Gasteiger partial charge in [0.25, 0.3) is 0 Å². The van der Waals surface area contributed by atoms with Gasteiger partial charge in [0, 0.05) is 19.0 Å². The first-order valence-corrected chi connectivity index (χ1v) is 5.95. The highest BCUT2D eigenvalue weighted by Crippen LogP contribution is 2.37. The molecular formula is C11H15N3O3. The van der Waals surface area contributed by atoms with E-state index in [1.807, 2.05) is 13.0 Å². The lowest BCUT2D eigenvalue weighted by molar-refractivity contribution is -0.0584. The number of urea groups is 1. The van der Waals surface area contributed by atoms with Gasteiger partial charge in [-0.2, -0.15) is 0 Å². The molecule has 2 unspecified atom stereocenters. The van der Waals surface area contributed by atoms with Crippen LogP contribution in [-0.2, 0) is 6.42 Å². The predicted molar refractivity (Wildman–Crippen MR) is 57.4 cm³/mol. The molecule has 2 aliphatic rings. The third-order valence-corrected chi connectivity index (χ3v) is 3.61. The Labute approximate surface area is 98.7 Å². The number of aryl methyl sites for hydroxylation is 1. The van der Waals surface area contributed by atoms with E-state index in [1.54, 1.807) is 4.90 Å². The van der Waals surface area contributed by atoms with Gasteiger partial charge in [0.1, 0.15) is 11.5 Å². The van der Waals surface area contributed by atoms with Crippen LogP contribution in [0.3, 0.4) is 0 Å². The van der Waals surface area contributed by atoms with Gasteiger partial charge in [0.15, 0.2) is 0 Å². The first-order chi connectivity index (χ1) is 8.20. The van der Waals surface area contributed by atoms with Crippen LogP contribution in [0.4, 0.5) is 4.79 Å². The summed E-state index contributed by atoms with van der Waals surface area (Å²) in [5.41, 5.74) is 0.795. The summed E-state index contributed by atoms with van der Waals surface area (Å²) in [4.78, 5) is 13.5. The second-order valence-electron chi connectivity index (χ2n) is 4.60. The highest BCUT2D eigenvalue weighted by molar-refractivity contribution is 5.76. The normalized spacial score (nSPS) is 28.0. The van der Waals surface area contributed by atoms with E-state index in [-0.39, 0.29) is 18.1 Å². The predicted octanol–water partition coefficient (Wildman–Crippen LogP) is 1.57. The second-order valence-corrected chi connectivity index (χ2v) is 4.60. The Bertz CT molecular complexity index is 445. The summed E-state index contributed by atoms with van der Waals surface area (Å²) in [5, 5.41) is 14.4. The number of hydroxylamine groups is 2. The number of carbonyl (C=O) groups excluding carboxylic acids is 1. The van der Waals surface area contributed by atoms with Crippen molar-refractivity contribution < 1.29 is 14.5 Å². The Morgan fingerprint density at radius 2 is 2.41 bits per heavy atom. The number of hydrogen-bond donors (Lipinski definition) is 1. The maximum atomic E-state index is 11.8. The zero-order valence-electron chi connectivity index (χ0n) is 9.67. The molecule has 0 aliphatic carbocycles. The molecular weight excluding hydrogens is 222 g/mol. The third-order valence-electron chi connectivity index (χ3n) is 3.61. The number of hydrogen-bond acceptors (Lipinski definition) is 4. The molecule has 6 nitrogen and oxygen atoms in total. The molecule has 1 aromatic rings. The molecule has 3 rings (SSSR count). The average molecular weight is 237 g/mol. The number of fused-ring (bicyclic) bond motifs is 2. The number of rotatable bonds is 2. The Morgan fingerprint density at radius 3 is 3.12 bits per heavy atom. The van der Waals surface area contributed by atoms with Crippen LogP contribution >= 0.6 is 0 Å². The van der Waals surface area contributed by atoms with Crippen LogP contribution in [-0.4, -0.2) is 38.9 Å². The molecule has 1 aromatic heterocycles. The highest BCUT2D eigenvalue weighted by atomic mass is 16.5. The fourth-order valence-corrected chi connectivity index (χ4v) is 2.61. The van der Waals surface area contributed by atoms with Crippen LogP contribution in [0.15, 0.2) is 10.6 Å². The summed E-state index contributed by atoms with van der Waals surface area (Å²) < 4.78 is 5.17. The van der Waals surface area contributed by atoms with Crippen molar-refractivity contribution in [2.45, 2.75) is 38.3 Å². The van der Waals surface area contributed by atoms with Crippen molar-refractivity contribution in [2.75, 3.05) is 6.54 Å². The summed E-state index contributed by atoms with van der Waals surface area (Å²) >= 11 is 0. The van der Waals surface area contributed by atoms with Crippen LogP contribution in [0.25, 0.3) is 0 Å². The molecule has 17 heavy (non-hydrogen) atoms. The van der Waals surface area contributed by atoms with Gasteiger partial charge in [-0.25, -0.2) is 9.86 Å². The molecule has 0 spiro atoms. The van der Waals surface area contributed by atoms with Crippen LogP contribution < -0.4 is 0 Å². The molecule has 2 atom stereocenters. The maximum absolute atomic E-state index is 11.8. The van der Waals surface area contributed by atoms with E-state index < -0.39 is 0 Å². The minimum atomic E-state index is -0.321. The smallest absolute Gasteiger partial charge is 0.344 e. The van der Waals surface area contributed by atoms with Crippen molar-refractivity contribution in [3.63, 3.8) is 0 Å². The van der Waals surface area contributed by atoms with Gasteiger partial charge in [-0.1, -0.05) is 12.1 Å². The molecule has 0 radical (unpaired) electrons. The van der Waals surface area contributed by atoms with Gasteiger partial charge < -0.3 is 9.42 Å². The molecule has 0 saturated carbocycles. The maximum Gasteiger partial charge on any atom is 0.344 e. The lowest BCUT2D eigenvalue weighted by Gasteiger charge is -2.28. The van der Waals surface area contributed by atoms with Crippen molar-refractivity contribution in [3.8, 4) is 0 Å². The van der Waals surface area contributed by atoms with E-state index in [0.717, 1.165) is 35.8 Å². The summed E-state index contributed by atoms with van der Waals surface area (Å²) in [5.74, 6) is 0.828. The molecule has 2 amide bonds. The molecule has 2 fully saturated rings. The first-order valence-electron chi connectivity index (χ1n) is 5.95. The quantitative estimate of drug-likeness (QED) is 0.792. The van der Waals surface area contributed by atoms with E-state index in [4.69, 9.17) is 4.52 Å². The summed E-state index contributed by atoms with van der Waals surface area (Å²) in [6.07, 6.45) is 2.42. The Hall–Kier alpha value is -1.56. The molecule has 2 bridgehead atoms. The number of nitrogens with zero attached hydrogens (tertiary/aromatic N) is 3. The second kappa shape index (κ2) is 3.73. The first kappa shape index (κ1) is 10.6. The SMILES string of the molecule is CCc1cc(C2CCC3CN2C(=O)N3O)no1. The van der Waals surface area contributed by atoms with Crippen LogP contribution in [0.1, 0.15) is 37.3 Å². The monoisotopic (exact) mass is 237 g/mol. The minimum Gasteiger partial charge on any atom is -0.361 e. The van der Waals surface area contributed by atoms with Crippen LogP contribution in [0.2, 0.25) is 0 Å². The molecule has 2 aliphatic heterocycles. The molecule has 2 saturated heterocycles. The van der Waals surface area contributed by atoms with Gasteiger partial charge in [0.2, 0.25) is 0 Å². The minimum absolute atomic E-state index is 0.0556. The lowest BCUT2D eigenvalue weighted by atomic mass is 9.98. The number of aromatic nitrogens is 1. The van der Waals surface area contributed by atoms with Crippen molar-refractivity contribution in [1.29, 1.82) is 0 Å². The molecule has 92 valence electrons. The van der Waals surface area contributed by atoms with E-state index in [2.05, 4.69) is 5.16 Å². The van der Waals surface area contributed by atoms with Gasteiger partial charge in [-0.15, -0.1) is 0 Å². The van der Waals surface area contributed by atoms with Crippen molar-refractivity contribution in [2.24, 2.45) is 0 Å². The molecule has 1 N–H and O–H groups in total. The Morgan fingerprint density at radius 1 is 1.59 bits per heavy atom. The average Bonchev–Trinajstić information content (AvgIpc) is 2.91. The number of amides is 2. The summed E-state index contributed by atoms with van der Waals surface area (Å²) in [7, 11) is 0. The van der Waals surface area contributed by atoms with E-state index in [0.29, 0.717) is 6.54 Å². The van der Waals surface area contributed by atoms with Crippen molar-refractivity contribution in [3.05, 3.63) is 17.5 Å². The largest absolute Gasteiger partial charge is 0.361 e. The Kier molecular flexibility index (Phi) is 2.32. The van der Waals surface area contributed by atoms with E-state index >= 15 is 0 Å². The number of carbonyl (C=O) groups is 1. The van der Waals surface area contributed by atoms with Gasteiger partial charge in [0.05, 0.1) is 12.1 Å².